The fourth-order valence-corrected chi connectivity index (χ4v) is 5.13. The largest absolute Gasteiger partial charge is 0.497 e. The smallest absolute Gasteiger partial charge is 0.308 e. The van der Waals surface area contributed by atoms with E-state index >= 15 is 0 Å². The number of rotatable bonds is 5. The van der Waals surface area contributed by atoms with Crippen LogP contribution in [-0.2, 0) is 19.6 Å². The molecule has 0 bridgehead atoms. The number of carboxylic acid groups (broad SMARTS) is 1. The van der Waals surface area contributed by atoms with Crippen LogP contribution < -0.4 is 4.74 Å². The van der Waals surface area contributed by atoms with E-state index in [9.17, 15) is 18.0 Å². The number of methoxy groups -OCH3 is 1. The third-order valence-corrected chi connectivity index (χ3v) is 7.26. The Kier molecular flexibility index (Phi) is 5.71. The maximum Gasteiger partial charge on any atom is 0.308 e. The van der Waals surface area contributed by atoms with E-state index in [4.69, 9.17) is 9.84 Å². The highest BCUT2D eigenvalue weighted by atomic mass is 32.2. The number of carboxylic acids is 1. The van der Waals surface area contributed by atoms with E-state index in [1.807, 2.05) is 0 Å². The molecule has 9 heteroatoms. The zero-order valence-electron chi connectivity index (χ0n) is 15.2. The van der Waals surface area contributed by atoms with Gasteiger partial charge < -0.3 is 14.7 Å². The lowest BCUT2D eigenvalue weighted by Gasteiger charge is -2.32. The minimum atomic E-state index is -3.60. The molecule has 0 spiro atoms. The molecule has 8 nitrogen and oxygen atoms in total. The molecule has 1 unspecified atom stereocenters. The number of nitrogens with zero attached hydrogens (tertiary/aromatic N) is 2. The van der Waals surface area contributed by atoms with Crippen molar-refractivity contribution in [1.29, 1.82) is 0 Å². The highest BCUT2D eigenvalue weighted by molar-refractivity contribution is 7.89. The van der Waals surface area contributed by atoms with Crippen molar-refractivity contribution in [2.24, 2.45) is 11.8 Å². The van der Waals surface area contributed by atoms with Gasteiger partial charge in [0, 0.05) is 32.1 Å². The van der Waals surface area contributed by atoms with Crippen molar-refractivity contribution >= 4 is 21.9 Å². The molecule has 2 saturated heterocycles. The molecule has 2 aliphatic heterocycles. The van der Waals surface area contributed by atoms with Crippen LogP contribution in [-0.4, -0.2) is 67.9 Å². The molecule has 3 rings (SSSR count). The van der Waals surface area contributed by atoms with E-state index < -0.39 is 21.9 Å². The first-order valence-electron chi connectivity index (χ1n) is 8.98. The van der Waals surface area contributed by atoms with Gasteiger partial charge in [-0.2, -0.15) is 4.31 Å². The van der Waals surface area contributed by atoms with Gasteiger partial charge in [-0.15, -0.1) is 0 Å². The van der Waals surface area contributed by atoms with Gasteiger partial charge in [0.25, 0.3) is 0 Å². The molecule has 1 aromatic rings. The molecule has 1 atom stereocenters. The number of hydrogen-bond acceptors (Lipinski definition) is 5. The van der Waals surface area contributed by atoms with Crippen LogP contribution in [0.5, 0.6) is 5.75 Å². The van der Waals surface area contributed by atoms with Crippen LogP contribution in [0.3, 0.4) is 0 Å². The third kappa shape index (κ3) is 4.08. The van der Waals surface area contributed by atoms with Crippen molar-refractivity contribution in [3.05, 3.63) is 24.3 Å². The maximum absolute atomic E-state index is 12.8. The van der Waals surface area contributed by atoms with Crippen molar-refractivity contribution in [2.75, 3.05) is 33.3 Å². The van der Waals surface area contributed by atoms with Gasteiger partial charge in [0.2, 0.25) is 15.9 Å². The summed E-state index contributed by atoms with van der Waals surface area (Å²) in [6.45, 7) is 1.26. The van der Waals surface area contributed by atoms with E-state index in [2.05, 4.69) is 0 Å². The third-order valence-electron chi connectivity index (χ3n) is 5.35. The van der Waals surface area contributed by atoms with E-state index in [-0.39, 0.29) is 36.4 Å². The Hall–Kier alpha value is -2.13. The van der Waals surface area contributed by atoms with Crippen molar-refractivity contribution in [3.8, 4) is 5.75 Å². The summed E-state index contributed by atoms with van der Waals surface area (Å²) in [6.07, 6.45) is 1.37. The number of aliphatic carboxylic acids is 1. The second-order valence-corrected chi connectivity index (χ2v) is 8.90. The SMILES string of the molecule is COc1ccc(S(=O)(=O)N2CCC(C(=O)N3CCC(C(=O)O)C3)CC2)cc1. The average molecular weight is 396 g/mol. The monoisotopic (exact) mass is 396 g/mol. The molecule has 0 saturated carbocycles. The Balaban J connectivity index is 1.59. The molecule has 0 aromatic heterocycles. The molecule has 2 fully saturated rings. The summed E-state index contributed by atoms with van der Waals surface area (Å²) in [5.74, 6) is -1.08. The zero-order chi connectivity index (χ0) is 19.6. The van der Waals surface area contributed by atoms with E-state index in [1.165, 1.54) is 23.5 Å². The number of ether oxygens (including phenoxy) is 1. The van der Waals surface area contributed by atoms with Gasteiger partial charge in [-0.1, -0.05) is 0 Å². The van der Waals surface area contributed by atoms with Crippen molar-refractivity contribution < 1.29 is 27.9 Å². The fraction of sp³-hybridized carbons (Fsp3) is 0.556. The molecule has 1 aromatic carbocycles. The van der Waals surface area contributed by atoms with Gasteiger partial charge in [0.15, 0.2) is 0 Å². The van der Waals surface area contributed by atoms with Crippen LogP contribution >= 0.6 is 0 Å². The summed E-state index contributed by atoms with van der Waals surface area (Å²) in [4.78, 5) is 25.5. The Morgan fingerprint density at radius 2 is 1.63 bits per heavy atom. The lowest BCUT2D eigenvalue weighted by Crippen LogP contribution is -2.44. The first kappa shape index (κ1) is 19.6. The van der Waals surface area contributed by atoms with Gasteiger partial charge in [-0.3, -0.25) is 9.59 Å². The lowest BCUT2D eigenvalue weighted by atomic mass is 9.96. The summed E-state index contributed by atoms with van der Waals surface area (Å²) >= 11 is 0. The van der Waals surface area contributed by atoms with Crippen molar-refractivity contribution in [2.45, 2.75) is 24.2 Å². The first-order valence-corrected chi connectivity index (χ1v) is 10.4. The Bertz CT molecular complexity index is 800. The second kappa shape index (κ2) is 7.85. The molecule has 0 aliphatic carbocycles. The molecule has 2 aliphatic rings. The topological polar surface area (TPSA) is 104 Å². The number of sulfonamides is 1. The molecule has 0 radical (unpaired) electrons. The number of piperidine rings is 1. The quantitative estimate of drug-likeness (QED) is 0.797. The van der Waals surface area contributed by atoms with Crippen LogP contribution in [0.4, 0.5) is 0 Å². The minimum absolute atomic E-state index is 0.0553. The standard InChI is InChI=1S/C18H24N2O6S/c1-26-15-2-4-16(5-3-15)27(24,25)20-10-7-13(8-11-20)17(21)19-9-6-14(12-19)18(22)23/h2-5,13-14H,6-12H2,1H3,(H,22,23). The predicted molar refractivity (Wildman–Crippen MR) is 96.8 cm³/mol. The average Bonchev–Trinajstić information content (AvgIpc) is 3.18. The molecule has 1 amide bonds. The van der Waals surface area contributed by atoms with Crippen LogP contribution in [0, 0.1) is 11.8 Å². The normalized spacial score (nSPS) is 22.0. The van der Waals surface area contributed by atoms with Crippen LogP contribution in [0.25, 0.3) is 0 Å². The van der Waals surface area contributed by atoms with Crippen molar-refractivity contribution in [1.82, 2.24) is 9.21 Å². The minimum Gasteiger partial charge on any atom is -0.497 e. The highest BCUT2D eigenvalue weighted by Crippen LogP contribution is 2.28. The second-order valence-electron chi connectivity index (χ2n) is 6.96. The zero-order valence-corrected chi connectivity index (χ0v) is 16.0. The van der Waals surface area contributed by atoms with Crippen LogP contribution in [0.1, 0.15) is 19.3 Å². The Labute approximate surface area is 158 Å². The highest BCUT2D eigenvalue weighted by Gasteiger charge is 2.37. The van der Waals surface area contributed by atoms with Gasteiger partial charge in [-0.05, 0) is 43.5 Å². The summed E-state index contributed by atoms with van der Waals surface area (Å²) in [6, 6.07) is 6.24. The molecule has 2 heterocycles. The molecule has 1 N–H and O–H groups in total. The van der Waals surface area contributed by atoms with Crippen molar-refractivity contribution in [3.63, 3.8) is 0 Å². The Morgan fingerprint density at radius 1 is 1.04 bits per heavy atom. The predicted octanol–water partition coefficient (Wildman–Crippen LogP) is 1.03. The summed E-state index contributed by atoms with van der Waals surface area (Å²) in [7, 11) is -2.08. The summed E-state index contributed by atoms with van der Waals surface area (Å²) in [5, 5.41) is 9.07. The fourth-order valence-electron chi connectivity index (χ4n) is 3.66. The van der Waals surface area contributed by atoms with E-state index in [0.717, 1.165) is 0 Å². The van der Waals surface area contributed by atoms with Gasteiger partial charge in [-0.25, -0.2) is 8.42 Å². The van der Waals surface area contributed by atoms with Gasteiger partial charge >= 0.3 is 5.97 Å². The number of likely N-dealkylation sites (tertiary alicyclic amines) is 1. The van der Waals surface area contributed by atoms with Gasteiger partial charge in [0.1, 0.15) is 5.75 Å². The number of benzene rings is 1. The van der Waals surface area contributed by atoms with Crippen LogP contribution in [0.15, 0.2) is 29.2 Å². The molecular weight excluding hydrogens is 372 g/mol. The molecule has 27 heavy (non-hydrogen) atoms. The van der Waals surface area contributed by atoms with E-state index in [0.29, 0.717) is 31.6 Å². The number of hydrogen-bond donors (Lipinski definition) is 1. The number of carbonyl (C=O) groups is 2. The summed E-state index contributed by atoms with van der Waals surface area (Å²) < 4.78 is 32.0. The van der Waals surface area contributed by atoms with Crippen LogP contribution in [0.2, 0.25) is 0 Å². The number of amides is 1. The number of carbonyl (C=O) groups excluding carboxylic acids is 1. The van der Waals surface area contributed by atoms with E-state index in [1.54, 1.807) is 17.0 Å². The summed E-state index contributed by atoms with van der Waals surface area (Å²) in [5.41, 5.74) is 0. The first-order chi connectivity index (χ1) is 12.8. The molecule has 148 valence electrons. The van der Waals surface area contributed by atoms with Gasteiger partial charge in [0.05, 0.1) is 17.9 Å². The maximum atomic E-state index is 12.8. The Morgan fingerprint density at radius 3 is 2.15 bits per heavy atom. The molecular formula is C18H24N2O6S. The lowest BCUT2D eigenvalue weighted by molar-refractivity contribution is -0.141.